The molecular weight excluding hydrogens is 353 g/mol. The maximum Gasteiger partial charge on any atom is 0.401 e. The normalized spacial score (nSPS) is 17.1. The van der Waals surface area contributed by atoms with Crippen LogP contribution in [0.1, 0.15) is 37.3 Å². The van der Waals surface area contributed by atoms with Gasteiger partial charge in [0.05, 0.1) is 6.54 Å². The van der Waals surface area contributed by atoms with Gasteiger partial charge in [0.15, 0.2) is 5.96 Å². The van der Waals surface area contributed by atoms with E-state index in [0.29, 0.717) is 19.0 Å². The molecule has 1 aliphatic rings. The molecule has 0 spiro atoms. The first-order valence-electron chi connectivity index (χ1n) is 9.71. The Morgan fingerprint density at radius 3 is 2.41 bits per heavy atom. The Morgan fingerprint density at radius 1 is 1.15 bits per heavy atom. The van der Waals surface area contributed by atoms with Gasteiger partial charge in [-0.2, -0.15) is 13.2 Å². The van der Waals surface area contributed by atoms with Crippen molar-refractivity contribution in [1.29, 1.82) is 0 Å². The summed E-state index contributed by atoms with van der Waals surface area (Å²) in [5.41, 5.74) is 2.59. The molecule has 0 aromatic heterocycles. The number of benzene rings is 1. The molecule has 1 aliphatic heterocycles. The molecule has 7 heteroatoms. The monoisotopic (exact) mass is 384 g/mol. The summed E-state index contributed by atoms with van der Waals surface area (Å²) in [6.07, 6.45) is -0.493. The van der Waals surface area contributed by atoms with Gasteiger partial charge in [-0.05, 0) is 55.8 Å². The van der Waals surface area contributed by atoms with Gasteiger partial charge in [-0.15, -0.1) is 0 Å². The third-order valence-electron chi connectivity index (χ3n) is 5.12. The minimum absolute atomic E-state index is 0.473. The number of nitrogens with zero attached hydrogens (tertiary/aromatic N) is 2. The van der Waals surface area contributed by atoms with Gasteiger partial charge in [0.2, 0.25) is 0 Å². The molecule has 4 nitrogen and oxygen atoms in total. The molecule has 152 valence electrons. The Bertz CT molecular complexity index is 593. The second-order valence-corrected chi connectivity index (χ2v) is 7.10. The van der Waals surface area contributed by atoms with Crippen LogP contribution in [0.5, 0.6) is 0 Å². The second-order valence-electron chi connectivity index (χ2n) is 7.10. The Hall–Kier alpha value is -1.76. The minimum atomic E-state index is -4.09. The van der Waals surface area contributed by atoms with Gasteiger partial charge in [0.25, 0.3) is 0 Å². The van der Waals surface area contributed by atoms with Crippen LogP contribution in [0.25, 0.3) is 0 Å². The highest BCUT2D eigenvalue weighted by atomic mass is 19.4. The molecule has 0 radical (unpaired) electrons. The first-order chi connectivity index (χ1) is 12.9. The van der Waals surface area contributed by atoms with E-state index in [2.05, 4.69) is 40.7 Å². The Morgan fingerprint density at radius 2 is 1.81 bits per heavy atom. The first-order valence-corrected chi connectivity index (χ1v) is 9.71. The van der Waals surface area contributed by atoms with Crippen molar-refractivity contribution < 1.29 is 13.2 Å². The van der Waals surface area contributed by atoms with Crippen LogP contribution in [0.15, 0.2) is 29.3 Å². The Labute approximate surface area is 160 Å². The van der Waals surface area contributed by atoms with Crippen LogP contribution in [0.2, 0.25) is 0 Å². The lowest BCUT2D eigenvalue weighted by Crippen LogP contribution is -2.41. The van der Waals surface area contributed by atoms with E-state index in [4.69, 9.17) is 0 Å². The van der Waals surface area contributed by atoms with Crippen LogP contribution in [0.3, 0.4) is 0 Å². The van der Waals surface area contributed by atoms with E-state index in [1.54, 1.807) is 7.05 Å². The lowest BCUT2D eigenvalue weighted by molar-refractivity contribution is -0.148. The number of likely N-dealkylation sites (tertiary alicyclic amines) is 1. The predicted molar refractivity (Wildman–Crippen MR) is 104 cm³/mol. The van der Waals surface area contributed by atoms with Gasteiger partial charge in [-0.1, -0.05) is 31.2 Å². The Kier molecular flexibility index (Phi) is 8.41. The molecule has 1 fully saturated rings. The summed E-state index contributed by atoms with van der Waals surface area (Å²) in [6.45, 7) is 3.92. The zero-order valence-corrected chi connectivity index (χ0v) is 16.3. The molecule has 1 saturated heterocycles. The molecule has 0 aliphatic carbocycles. The van der Waals surface area contributed by atoms with Crippen LogP contribution >= 0.6 is 0 Å². The standard InChI is InChI=1S/C20H31F3N4/c1-3-17-6-4-5-7-18(17)14-26-19(24-2)25-11-8-16-9-12-27(13-10-16)15-20(21,22)23/h4-7,16H,3,8-15H2,1-2H3,(H2,24,25,26). The molecule has 0 amide bonds. The van der Waals surface area contributed by atoms with E-state index in [1.807, 2.05) is 6.07 Å². The third kappa shape index (κ3) is 7.79. The van der Waals surface area contributed by atoms with Crippen LogP contribution in [-0.2, 0) is 13.0 Å². The number of alkyl halides is 3. The number of hydrogen-bond acceptors (Lipinski definition) is 2. The van der Waals surface area contributed by atoms with E-state index in [9.17, 15) is 13.2 Å². The molecule has 1 aromatic rings. The molecule has 27 heavy (non-hydrogen) atoms. The van der Waals surface area contributed by atoms with Crippen LogP contribution in [-0.4, -0.2) is 50.3 Å². The summed E-state index contributed by atoms with van der Waals surface area (Å²) in [4.78, 5) is 5.76. The molecule has 0 unspecified atom stereocenters. The van der Waals surface area contributed by atoms with E-state index in [-0.39, 0.29) is 0 Å². The van der Waals surface area contributed by atoms with Gasteiger partial charge in [-0.25, -0.2) is 0 Å². The number of piperidine rings is 1. The van der Waals surface area contributed by atoms with E-state index in [0.717, 1.165) is 44.7 Å². The lowest BCUT2D eigenvalue weighted by atomic mass is 9.93. The molecule has 0 saturated carbocycles. The molecule has 2 rings (SSSR count). The number of guanidine groups is 1. The number of rotatable bonds is 7. The van der Waals surface area contributed by atoms with E-state index in [1.165, 1.54) is 16.0 Å². The predicted octanol–water partition coefficient (Wildman–Crippen LogP) is 3.58. The zero-order valence-electron chi connectivity index (χ0n) is 16.3. The van der Waals surface area contributed by atoms with Crippen LogP contribution in [0, 0.1) is 5.92 Å². The summed E-state index contributed by atoms with van der Waals surface area (Å²) in [5.74, 6) is 1.23. The second kappa shape index (κ2) is 10.5. The summed E-state index contributed by atoms with van der Waals surface area (Å²) in [5, 5.41) is 6.66. The number of halogens is 3. The third-order valence-corrected chi connectivity index (χ3v) is 5.12. The van der Waals surface area contributed by atoms with Crippen molar-refractivity contribution in [1.82, 2.24) is 15.5 Å². The number of hydrogen-bond donors (Lipinski definition) is 2. The molecule has 1 aromatic carbocycles. The first kappa shape index (κ1) is 21.5. The van der Waals surface area contributed by atoms with Crippen molar-refractivity contribution in [2.75, 3.05) is 33.2 Å². The highest BCUT2D eigenvalue weighted by Gasteiger charge is 2.32. The van der Waals surface area contributed by atoms with Crippen molar-refractivity contribution in [2.24, 2.45) is 10.9 Å². The quantitative estimate of drug-likeness (QED) is 0.558. The van der Waals surface area contributed by atoms with Crippen molar-refractivity contribution in [2.45, 2.75) is 45.3 Å². The summed E-state index contributed by atoms with van der Waals surface area (Å²) in [6, 6.07) is 8.35. The Balaban J connectivity index is 1.67. The maximum absolute atomic E-state index is 12.4. The van der Waals surface area contributed by atoms with Gasteiger partial charge >= 0.3 is 6.18 Å². The molecule has 2 N–H and O–H groups in total. The van der Waals surface area contributed by atoms with Crippen LogP contribution < -0.4 is 10.6 Å². The molecular formula is C20H31F3N4. The fraction of sp³-hybridized carbons (Fsp3) is 0.650. The van der Waals surface area contributed by atoms with Crippen molar-refractivity contribution in [3.63, 3.8) is 0 Å². The van der Waals surface area contributed by atoms with E-state index < -0.39 is 12.7 Å². The fourth-order valence-corrected chi connectivity index (χ4v) is 3.56. The maximum atomic E-state index is 12.4. The highest BCUT2D eigenvalue weighted by molar-refractivity contribution is 5.79. The van der Waals surface area contributed by atoms with Gasteiger partial charge in [-0.3, -0.25) is 9.89 Å². The largest absolute Gasteiger partial charge is 0.401 e. The zero-order chi connectivity index (χ0) is 19.7. The molecule has 1 heterocycles. The van der Waals surface area contributed by atoms with Crippen molar-refractivity contribution in [3.05, 3.63) is 35.4 Å². The molecule has 0 bridgehead atoms. The lowest BCUT2D eigenvalue weighted by Gasteiger charge is -2.32. The van der Waals surface area contributed by atoms with Crippen LogP contribution in [0.4, 0.5) is 13.2 Å². The fourth-order valence-electron chi connectivity index (χ4n) is 3.56. The van der Waals surface area contributed by atoms with Gasteiger partial charge in [0.1, 0.15) is 0 Å². The SMILES string of the molecule is CCc1ccccc1CNC(=NC)NCCC1CCN(CC(F)(F)F)CC1. The number of aliphatic imine (C=N–C) groups is 1. The smallest absolute Gasteiger partial charge is 0.356 e. The minimum Gasteiger partial charge on any atom is -0.356 e. The van der Waals surface area contributed by atoms with Crippen molar-refractivity contribution >= 4 is 5.96 Å². The topological polar surface area (TPSA) is 39.7 Å². The van der Waals surface area contributed by atoms with Gasteiger partial charge in [0, 0.05) is 20.1 Å². The number of nitrogens with one attached hydrogen (secondary N) is 2. The highest BCUT2D eigenvalue weighted by Crippen LogP contribution is 2.23. The van der Waals surface area contributed by atoms with Gasteiger partial charge < -0.3 is 10.6 Å². The summed E-state index contributed by atoms with van der Waals surface area (Å²) in [7, 11) is 1.75. The summed E-state index contributed by atoms with van der Waals surface area (Å²) < 4.78 is 37.3. The summed E-state index contributed by atoms with van der Waals surface area (Å²) >= 11 is 0. The average molecular weight is 384 g/mol. The molecule has 0 atom stereocenters. The average Bonchev–Trinajstić information content (AvgIpc) is 2.65. The van der Waals surface area contributed by atoms with E-state index >= 15 is 0 Å². The number of aryl methyl sites for hydroxylation is 1. The van der Waals surface area contributed by atoms with Crippen molar-refractivity contribution in [3.8, 4) is 0 Å².